The highest BCUT2D eigenvalue weighted by Gasteiger charge is 2.45. The molecule has 0 atom stereocenters. The summed E-state index contributed by atoms with van der Waals surface area (Å²) in [6, 6.07) is 5.91. The molecule has 0 spiro atoms. The maximum absolute atomic E-state index is 13.3. The van der Waals surface area contributed by atoms with Crippen LogP contribution < -0.4 is 4.90 Å². The molecule has 0 radical (unpaired) electrons. The summed E-state index contributed by atoms with van der Waals surface area (Å²) in [5, 5.41) is 0. The predicted molar refractivity (Wildman–Crippen MR) is 138 cm³/mol. The van der Waals surface area contributed by atoms with Gasteiger partial charge in [0.1, 0.15) is 9.81 Å². The molecule has 0 aromatic heterocycles. The molecule has 1 aromatic rings. The number of rotatable bonds is 5. The summed E-state index contributed by atoms with van der Waals surface area (Å²) in [6.07, 6.45) is 2.16. The van der Waals surface area contributed by atoms with Crippen LogP contribution in [0.4, 0.5) is 5.69 Å². The maximum atomic E-state index is 13.3. The number of benzene rings is 1. The van der Waals surface area contributed by atoms with E-state index in [1.165, 1.54) is 14.2 Å². The van der Waals surface area contributed by atoms with Crippen molar-refractivity contribution in [1.82, 2.24) is 0 Å². The van der Waals surface area contributed by atoms with Crippen molar-refractivity contribution in [3.8, 4) is 0 Å². The SMILES string of the molecule is CCCCC(=O)N1c2ccc(C)cc2C(=C2SC(C(=O)OC)=C(C(=O)OC)S2)C(=S)C1(C)C. The molecule has 1 amide bonds. The predicted octanol–water partition coefficient (Wildman–Crippen LogP) is 5.39. The third kappa shape index (κ3) is 4.63. The van der Waals surface area contributed by atoms with Crippen molar-refractivity contribution in [1.29, 1.82) is 0 Å². The Morgan fingerprint density at radius 3 is 2.15 bits per heavy atom. The molecule has 0 fully saturated rings. The minimum absolute atomic E-state index is 0.0219. The summed E-state index contributed by atoms with van der Waals surface area (Å²) in [5.41, 5.74) is 2.58. The molecule has 0 saturated carbocycles. The topological polar surface area (TPSA) is 72.9 Å². The Hall–Kier alpha value is -2.10. The number of methoxy groups -OCH3 is 2. The molecule has 176 valence electrons. The minimum Gasteiger partial charge on any atom is -0.465 e. The van der Waals surface area contributed by atoms with Crippen LogP contribution in [-0.2, 0) is 23.9 Å². The van der Waals surface area contributed by atoms with Crippen molar-refractivity contribution in [3.63, 3.8) is 0 Å². The van der Waals surface area contributed by atoms with Gasteiger partial charge in [0, 0.05) is 17.6 Å². The maximum Gasteiger partial charge on any atom is 0.346 e. The fourth-order valence-corrected chi connectivity index (χ4v) is 6.85. The minimum atomic E-state index is -0.773. The van der Waals surface area contributed by atoms with E-state index < -0.39 is 17.5 Å². The average molecular weight is 506 g/mol. The highest BCUT2D eigenvalue weighted by molar-refractivity contribution is 8.29. The zero-order valence-electron chi connectivity index (χ0n) is 19.6. The lowest BCUT2D eigenvalue weighted by atomic mass is 9.82. The molecule has 0 bridgehead atoms. The number of carbonyl (C=O) groups excluding carboxylic acids is 3. The molecular weight excluding hydrogens is 478 g/mol. The molecule has 9 heteroatoms. The number of carbonyl (C=O) groups is 3. The third-order valence-corrected chi connectivity index (χ3v) is 8.80. The number of ether oxygens (including phenoxy) is 2. The molecular formula is C24H27NO5S3. The molecule has 2 heterocycles. The number of amides is 1. The van der Waals surface area contributed by atoms with Gasteiger partial charge in [0.05, 0.1) is 34.5 Å². The van der Waals surface area contributed by atoms with Crippen LogP contribution in [-0.4, -0.2) is 42.5 Å². The summed E-state index contributed by atoms with van der Waals surface area (Å²) in [6.45, 7) is 7.89. The quantitative estimate of drug-likeness (QED) is 0.300. The number of unbranched alkanes of at least 4 members (excludes halogenated alkanes) is 1. The summed E-state index contributed by atoms with van der Waals surface area (Å²) in [5.74, 6) is -1.19. The Morgan fingerprint density at radius 1 is 1.06 bits per heavy atom. The second-order valence-corrected chi connectivity index (χ2v) is 11.0. The summed E-state index contributed by atoms with van der Waals surface area (Å²) in [7, 11) is 2.54. The largest absolute Gasteiger partial charge is 0.465 e. The van der Waals surface area contributed by atoms with Crippen molar-refractivity contribution < 1.29 is 23.9 Å². The lowest BCUT2D eigenvalue weighted by molar-refractivity contribution is -0.138. The standard InChI is InChI=1S/C24H27NO5S3/c1-7-8-9-16(26)25-15-11-10-13(2)12-14(15)17(20(31)24(25,3)4)23-32-18(21(27)29-5)19(33-23)22(28)30-6/h10-12H,7-9H2,1-6H3. The van der Waals surface area contributed by atoms with E-state index in [2.05, 4.69) is 6.92 Å². The Labute approximate surface area is 208 Å². The first kappa shape index (κ1) is 25.5. The number of hydrogen-bond donors (Lipinski definition) is 0. The van der Waals surface area contributed by atoms with E-state index in [4.69, 9.17) is 21.7 Å². The van der Waals surface area contributed by atoms with Crippen LogP contribution in [0.15, 0.2) is 32.2 Å². The Balaban J connectivity index is 2.21. The van der Waals surface area contributed by atoms with Gasteiger partial charge in [-0.2, -0.15) is 0 Å². The van der Waals surface area contributed by atoms with E-state index >= 15 is 0 Å². The fraction of sp³-hybridized carbons (Fsp3) is 0.417. The molecule has 3 rings (SSSR count). The molecule has 2 aliphatic heterocycles. The lowest BCUT2D eigenvalue weighted by Gasteiger charge is -2.45. The molecule has 0 aliphatic carbocycles. The van der Waals surface area contributed by atoms with E-state index in [-0.39, 0.29) is 15.7 Å². The van der Waals surface area contributed by atoms with Crippen LogP contribution in [0.5, 0.6) is 0 Å². The number of thiocarbonyl (C=S) groups is 1. The van der Waals surface area contributed by atoms with Crippen molar-refractivity contribution in [2.24, 2.45) is 0 Å². The number of hydrogen-bond acceptors (Lipinski definition) is 8. The van der Waals surface area contributed by atoms with Gasteiger partial charge in [-0.15, -0.1) is 0 Å². The Kier molecular flexibility index (Phi) is 7.76. The van der Waals surface area contributed by atoms with Crippen LogP contribution in [0.1, 0.15) is 51.2 Å². The molecule has 0 N–H and O–H groups in total. The number of esters is 2. The first-order valence-corrected chi connectivity index (χ1v) is 12.6. The third-order valence-electron chi connectivity index (χ3n) is 5.54. The van der Waals surface area contributed by atoms with Gasteiger partial charge in [-0.3, -0.25) is 4.79 Å². The monoisotopic (exact) mass is 505 g/mol. The first-order chi connectivity index (χ1) is 15.6. The Bertz CT molecular complexity index is 1070. The smallest absolute Gasteiger partial charge is 0.346 e. The van der Waals surface area contributed by atoms with Gasteiger partial charge >= 0.3 is 11.9 Å². The van der Waals surface area contributed by atoms with Crippen molar-refractivity contribution >= 4 is 69.7 Å². The van der Waals surface area contributed by atoms with Gasteiger partial charge in [0.25, 0.3) is 0 Å². The Morgan fingerprint density at radius 2 is 1.64 bits per heavy atom. The summed E-state index contributed by atoms with van der Waals surface area (Å²) in [4.78, 5) is 40.8. The zero-order chi connectivity index (χ0) is 24.5. The van der Waals surface area contributed by atoms with E-state index in [1.54, 1.807) is 4.90 Å². The second-order valence-electron chi connectivity index (χ2n) is 8.25. The number of anilines is 1. The van der Waals surface area contributed by atoms with Gasteiger partial charge in [-0.25, -0.2) is 9.59 Å². The lowest BCUT2D eigenvalue weighted by Crippen LogP contribution is -2.55. The van der Waals surface area contributed by atoms with Crippen LogP contribution in [0.3, 0.4) is 0 Å². The summed E-state index contributed by atoms with van der Waals surface area (Å²) >= 11 is 8.27. The normalized spacial score (nSPS) is 17.3. The highest BCUT2D eigenvalue weighted by Crippen LogP contribution is 2.56. The number of aryl methyl sites for hydroxylation is 1. The fourth-order valence-electron chi connectivity index (χ4n) is 3.82. The molecule has 2 aliphatic rings. The van der Waals surface area contributed by atoms with Crippen LogP contribution in [0.2, 0.25) is 0 Å². The van der Waals surface area contributed by atoms with E-state index in [0.717, 1.165) is 58.8 Å². The summed E-state index contributed by atoms with van der Waals surface area (Å²) < 4.78 is 10.5. The van der Waals surface area contributed by atoms with Gasteiger partial charge in [-0.1, -0.05) is 60.7 Å². The van der Waals surface area contributed by atoms with Crippen molar-refractivity contribution in [3.05, 3.63) is 43.4 Å². The zero-order valence-corrected chi connectivity index (χ0v) is 22.0. The van der Waals surface area contributed by atoms with Crippen LogP contribution in [0.25, 0.3) is 5.57 Å². The second kappa shape index (κ2) is 10.0. The van der Waals surface area contributed by atoms with Gasteiger partial charge in [0.15, 0.2) is 0 Å². The van der Waals surface area contributed by atoms with Crippen molar-refractivity contribution in [2.45, 2.75) is 52.5 Å². The number of thioether (sulfide) groups is 2. The van der Waals surface area contributed by atoms with E-state index in [9.17, 15) is 14.4 Å². The van der Waals surface area contributed by atoms with E-state index in [1.807, 2.05) is 39.0 Å². The number of nitrogens with zero attached hydrogens (tertiary/aromatic N) is 1. The molecule has 1 aromatic carbocycles. The van der Waals surface area contributed by atoms with Crippen molar-refractivity contribution in [2.75, 3.05) is 19.1 Å². The highest BCUT2D eigenvalue weighted by atomic mass is 32.2. The van der Waals surface area contributed by atoms with Gasteiger partial charge in [0.2, 0.25) is 5.91 Å². The van der Waals surface area contributed by atoms with Gasteiger partial charge < -0.3 is 14.4 Å². The van der Waals surface area contributed by atoms with Crippen LogP contribution >= 0.6 is 35.7 Å². The van der Waals surface area contributed by atoms with E-state index in [0.29, 0.717) is 15.5 Å². The average Bonchev–Trinajstić information content (AvgIpc) is 3.22. The first-order valence-electron chi connectivity index (χ1n) is 10.6. The molecule has 6 nitrogen and oxygen atoms in total. The molecule has 0 saturated heterocycles. The van der Waals surface area contributed by atoms with Crippen LogP contribution in [0, 0.1) is 6.92 Å². The molecule has 33 heavy (non-hydrogen) atoms. The number of fused-ring (bicyclic) bond motifs is 1. The van der Waals surface area contributed by atoms with Gasteiger partial charge in [-0.05, 0) is 39.3 Å². The molecule has 0 unspecified atom stereocenters.